The molecule has 9 heteroatoms. The number of carbonyl (C=O) groups is 3. The van der Waals surface area contributed by atoms with Crippen molar-refractivity contribution >= 4 is 23.5 Å². The van der Waals surface area contributed by atoms with Crippen molar-refractivity contribution in [3.63, 3.8) is 0 Å². The summed E-state index contributed by atoms with van der Waals surface area (Å²) in [5.41, 5.74) is 4.77. The largest absolute Gasteiger partial charge is 0.466 e. The van der Waals surface area contributed by atoms with Gasteiger partial charge in [0, 0.05) is 11.3 Å². The Morgan fingerprint density at radius 2 is 1.70 bits per heavy atom. The van der Waals surface area contributed by atoms with Gasteiger partial charge in [0.1, 0.15) is 17.2 Å². The summed E-state index contributed by atoms with van der Waals surface area (Å²) in [4.78, 5) is 41.2. The summed E-state index contributed by atoms with van der Waals surface area (Å²) in [5, 5.41) is 10.0. The number of carbonyl (C=O) groups excluding carboxylic acids is 3. The Hall–Kier alpha value is -4.58. The van der Waals surface area contributed by atoms with Crippen molar-refractivity contribution in [1.82, 2.24) is 0 Å². The van der Waals surface area contributed by atoms with Crippen LogP contribution in [0.25, 0.3) is 0 Å². The number of para-hydroxylation sites is 1. The third-order valence-corrected chi connectivity index (χ3v) is 5.66. The highest BCUT2D eigenvalue weighted by atomic mass is 16.6. The average Bonchev–Trinajstić information content (AvgIpc) is 3.07. The van der Waals surface area contributed by atoms with Gasteiger partial charge in [-0.1, -0.05) is 48.5 Å². The van der Waals surface area contributed by atoms with Gasteiger partial charge in [-0.05, 0) is 11.6 Å². The van der Waals surface area contributed by atoms with E-state index in [0.29, 0.717) is 11.3 Å². The van der Waals surface area contributed by atoms with E-state index in [0.717, 1.165) is 19.8 Å². The molecule has 0 saturated carbocycles. The minimum Gasteiger partial charge on any atom is -0.466 e. The Bertz CT molecular complexity index is 1270. The van der Waals surface area contributed by atoms with Crippen LogP contribution in [0.3, 0.4) is 0 Å². The second-order valence-corrected chi connectivity index (χ2v) is 7.28. The number of rotatable bonds is 4. The number of nitrogens with zero attached hydrogens (tertiary/aromatic N) is 2. The first-order valence-electron chi connectivity index (χ1n) is 9.86. The molecule has 0 bridgehead atoms. The van der Waals surface area contributed by atoms with Gasteiger partial charge in [0.15, 0.2) is 5.41 Å². The SMILES string of the molecule is COC(=O)C1=C(C(=O)OC)C2(C(=O)N(Cc3ccccc3)c3ccccc32)C(C#N)=C(N)O1. The highest BCUT2D eigenvalue weighted by molar-refractivity contribution is 6.20. The van der Waals surface area contributed by atoms with Gasteiger partial charge in [0.2, 0.25) is 17.5 Å². The van der Waals surface area contributed by atoms with Crippen molar-refractivity contribution in [2.24, 2.45) is 5.73 Å². The average molecular weight is 445 g/mol. The van der Waals surface area contributed by atoms with Crippen LogP contribution in [-0.2, 0) is 40.6 Å². The molecule has 1 amide bonds. The first-order valence-corrected chi connectivity index (χ1v) is 9.86. The monoisotopic (exact) mass is 445 g/mol. The minimum atomic E-state index is -2.04. The second-order valence-electron chi connectivity index (χ2n) is 7.28. The molecular weight excluding hydrogens is 426 g/mol. The maximum Gasteiger partial charge on any atom is 0.374 e. The first kappa shape index (κ1) is 21.6. The van der Waals surface area contributed by atoms with Crippen molar-refractivity contribution in [1.29, 1.82) is 5.26 Å². The fraction of sp³-hybridized carbons (Fsp3) is 0.167. The number of hydrogen-bond donors (Lipinski definition) is 1. The Balaban J connectivity index is 2.07. The van der Waals surface area contributed by atoms with E-state index in [1.165, 1.54) is 4.90 Å². The van der Waals surface area contributed by atoms with E-state index in [1.807, 2.05) is 36.4 Å². The van der Waals surface area contributed by atoms with Crippen LogP contribution in [0.4, 0.5) is 5.69 Å². The van der Waals surface area contributed by atoms with Crippen molar-refractivity contribution in [3.05, 3.63) is 88.5 Å². The van der Waals surface area contributed by atoms with Gasteiger partial charge in [-0.3, -0.25) is 4.79 Å². The van der Waals surface area contributed by atoms with E-state index in [2.05, 4.69) is 0 Å². The number of nitrogens with two attached hydrogens (primary N) is 1. The molecule has 2 aromatic carbocycles. The van der Waals surface area contributed by atoms with Gasteiger partial charge in [0.25, 0.3) is 0 Å². The van der Waals surface area contributed by atoms with Crippen LogP contribution >= 0.6 is 0 Å². The maximum absolute atomic E-state index is 14.2. The van der Waals surface area contributed by atoms with Crippen molar-refractivity contribution in [2.45, 2.75) is 12.0 Å². The van der Waals surface area contributed by atoms with Crippen LogP contribution in [0.1, 0.15) is 11.1 Å². The van der Waals surface area contributed by atoms with E-state index in [-0.39, 0.29) is 12.1 Å². The summed E-state index contributed by atoms with van der Waals surface area (Å²) < 4.78 is 15.0. The van der Waals surface area contributed by atoms with Crippen molar-refractivity contribution in [3.8, 4) is 6.07 Å². The molecule has 2 aromatic rings. The van der Waals surface area contributed by atoms with Crippen molar-refractivity contribution < 1.29 is 28.6 Å². The number of amides is 1. The smallest absolute Gasteiger partial charge is 0.374 e. The molecule has 2 N–H and O–H groups in total. The molecule has 4 rings (SSSR count). The Labute approximate surface area is 189 Å². The third kappa shape index (κ3) is 3.03. The van der Waals surface area contributed by atoms with E-state index >= 15 is 0 Å². The summed E-state index contributed by atoms with van der Waals surface area (Å²) in [6.07, 6.45) is 0. The topological polar surface area (TPSA) is 132 Å². The molecule has 0 aliphatic carbocycles. The van der Waals surface area contributed by atoms with E-state index < -0.39 is 40.5 Å². The summed E-state index contributed by atoms with van der Waals surface area (Å²) in [6, 6.07) is 17.8. The fourth-order valence-corrected chi connectivity index (χ4v) is 4.27. The predicted molar refractivity (Wildman–Crippen MR) is 115 cm³/mol. The molecule has 1 atom stereocenters. The van der Waals surface area contributed by atoms with Gasteiger partial charge in [0.05, 0.1) is 20.8 Å². The van der Waals surface area contributed by atoms with Gasteiger partial charge in [-0.15, -0.1) is 0 Å². The molecule has 0 saturated heterocycles. The number of anilines is 1. The van der Waals surface area contributed by atoms with Gasteiger partial charge in [-0.25, -0.2) is 9.59 Å². The second kappa shape index (κ2) is 8.16. The predicted octanol–water partition coefficient (Wildman–Crippen LogP) is 1.80. The van der Waals surface area contributed by atoms with E-state index in [1.54, 1.807) is 24.3 Å². The zero-order valence-corrected chi connectivity index (χ0v) is 17.8. The van der Waals surface area contributed by atoms with Crippen molar-refractivity contribution in [2.75, 3.05) is 19.1 Å². The number of methoxy groups -OCH3 is 2. The molecule has 0 radical (unpaired) electrons. The standard InChI is InChI=1S/C24H19N3O6/c1-31-21(28)18-19(22(29)32-2)33-20(26)16(12-25)24(18)15-10-6-7-11-17(15)27(23(24)30)13-14-8-4-3-5-9-14/h3-11H,13,26H2,1-2H3. The zero-order valence-electron chi connectivity index (χ0n) is 17.8. The summed E-state index contributed by atoms with van der Waals surface area (Å²) in [7, 11) is 2.19. The molecule has 2 heterocycles. The number of benzene rings is 2. The number of esters is 2. The molecular formula is C24H19N3O6. The van der Waals surface area contributed by atoms with Crippen LogP contribution in [0.2, 0.25) is 0 Å². The molecule has 0 aromatic heterocycles. The Morgan fingerprint density at radius 1 is 1.06 bits per heavy atom. The van der Waals surface area contributed by atoms with E-state index in [9.17, 15) is 19.6 Å². The highest BCUT2D eigenvalue weighted by Gasteiger charge is 2.63. The Morgan fingerprint density at radius 3 is 2.33 bits per heavy atom. The van der Waals surface area contributed by atoms with Crippen LogP contribution in [0, 0.1) is 11.3 Å². The van der Waals surface area contributed by atoms with Crippen LogP contribution in [-0.4, -0.2) is 32.1 Å². The molecule has 1 unspecified atom stereocenters. The molecule has 2 aliphatic heterocycles. The van der Waals surface area contributed by atoms with Gasteiger partial charge in [-0.2, -0.15) is 5.26 Å². The van der Waals surface area contributed by atoms with Crippen LogP contribution in [0.15, 0.2) is 77.4 Å². The number of fused-ring (bicyclic) bond motifs is 2. The minimum absolute atomic E-state index is 0.153. The molecule has 166 valence electrons. The molecule has 1 spiro atoms. The summed E-state index contributed by atoms with van der Waals surface area (Å²) in [5.74, 6) is -3.79. The lowest BCUT2D eigenvalue weighted by Gasteiger charge is -2.34. The van der Waals surface area contributed by atoms with Gasteiger partial charge >= 0.3 is 11.9 Å². The third-order valence-electron chi connectivity index (χ3n) is 5.66. The Kier molecular flexibility index (Phi) is 5.35. The normalized spacial score (nSPS) is 19.2. The van der Waals surface area contributed by atoms with E-state index in [4.69, 9.17) is 19.9 Å². The maximum atomic E-state index is 14.2. The molecule has 9 nitrogen and oxygen atoms in total. The lowest BCUT2D eigenvalue weighted by atomic mass is 9.68. The lowest BCUT2D eigenvalue weighted by molar-refractivity contribution is -0.143. The number of ether oxygens (including phenoxy) is 3. The fourth-order valence-electron chi connectivity index (χ4n) is 4.27. The quantitative estimate of drug-likeness (QED) is 0.705. The lowest BCUT2D eigenvalue weighted by Crippen LogP contribution is -2.49. The van der Waals surface area contributed by atoms with Crippen LogP contribution in [0.5, 0.6) is 0 Å². The molecule has 33 heavy (non-hydrogen) atoms. The first-order chi connectivity index (χ1) is 15.9. The highest BCUT2D eigenvalue weighted by Crippen LogP contribution is 2.54. The molecule has 2 aliphatic rings. The summed E-state index contributed by atoms with van der Waals surface area (Å²) in [6.45, 7) is 0.153. The number of hydrogen-bond acceptors (Lipinski definition) is 8. The summed E-state index contributed by atoms with van der Waals surface area (Å²) >= 11 is 0. The van der Waals surface area contributed by atoms with Crippen LogP contribution < -0.4 is 10.6 Å². The zero-order chi connectivity index (χ0) is 23.8. The molecule has 0 fully saturated rings. The number of nitriles is 1. The van der Waals surface area contributed by atoms with Gasteiger partial charge < -0.3 is 24.8 Å².